The Kier molecular flexibility index (Phi) is 4.86. The molecule has 0 fully saturated rings. The molecule has 0 bridgehead atoms. The lowest BCUT2D eigenvalue weighted by Gasteiger charge is -2.10. The monoisotopic (exact) mass is 338 g/mol. The summed E-state index contributed by atoms with van der Waals surface area (Å²) >= 11 is 1.67. The number of ether oxygens (including phenoxy) is 1. The van der Waals surface area contributed by atoms with Gasteiger partial charge < -0.3 is 10.1 Å². The number of anilines is 2. The van der Waals surface area contributed by atoms with E-state index in [1.54, 1.807) is 11.3 Å². The summed E-state index contributed by atoms with van der Waals surface area (Å²) in [4.78, 5) is 6.04. The summed E-state index contributed by atoms with van der Waals surface area (Å²) in [6, 6.07) is 14.5. The first-order valence-electron chi connectivity index (χ1n) is 8.12. The van der Waals surface area contributed by atoms with Crippen LogP contribution in [0.3, 0.4) is 0 Å². The van der Waals surface area contributed by atoms with Gasteiger partial charge in [-0.25, -0.2) is 4.98 Å². The summed E-state index contributed by atoms with van der Waals surface area (Å²) in [6.07, 6.45) is 0. The van der Waals surface area contributed by atoms with Gasteiger partial charge in [-0.3, -0.25) is 0 Å². The Balaban J connectivity index is 1.94. The van der Waals surface area contributed by atoms with Crippen molar-refractivity contribution in [2.24, 2.45) is 0 Å². The molecule has 2 aromatic carbocycles. The van der Waals surface area contributed by atoms with E-state index in [-0.39, 0.29) is 0 Å². The van der Waals surface area contributed by atoms with E-state index >= 15 is 0 Å². The summed E-state index contributed by atoms with van der Waals surface area (Å²) in [5, 5.41) is 4.29. The van der Waals surface area contributed by atoms with E-state index in [0.717, 1.165) is 22.3 Å². The van der Waals surface area contributed by atoms with Crippen LogP contribution in [0.1, 0.15) is 22.9 Å². The van der Waals surface area contributed by atoms with Gasteiger partial charge in [0.2, 0.25) is 0 Å². The van der Waals surface area contributed by atoms with Crippen LogP contribution in [0.5, 0.6) is 5.75 Å². The summed E-state index contributed by atoms with van der Waals surface area (Å²) in [7, 11) is 0. The summed E-state index contributed by atoms with van der Waals surface area (Å²) in [5.74, 6) is 0.848. The van der Waals surface area contributed by atoms with Crippen LogP contribution >= 0.6 is 11.3 Å². The predicted molar refractivity (Wildman–Crippen MR) is 103 cm³/mol. The van der Waals surface area contributed by atoms with Gasteiger partial charge >= 0.3 is 0 Å². The number of rotatable bonds is 5. The van der Waals surface area contributed by atoms with Crippen molar-refractivity contribution in [3.8, 4) is 17.0 Å². The molecule has 0 radical (unpaired) electrons. The fraction of sp³-hybridized carbons (Fsp3) is 0.250. The lowest BCUT2D eigenvalue weighted by molar-refractivity contribution is 0.342. The van der Waals surface area contributed by atoms with Crippen LogP contribution in [0.15, 0.2) is 42.5 Å². The van der Waals surface area contributed by atoms with Gasteiger partial charge in [-0.1, -0.05) is 29.8 Å². The smallest absolute Gasteiger partial charge is 0.188 e. The van der Waals surface area contributed by atoms with E-state index in [2.05, 4.69) is 44.3 Å². The summed E-state index contributed by atoms with van der Waals surface area (Å²) in [6.45, 7) is 8.99. The van der Waals surface area contributed by atoms with Crippen LogP contribution in [0.2, 0.25) is 0 Å². The van der Waals surface area contributed by atoms with E-state index in [1.807, 2.05) is 31.2 Å². The van der Waals surface area contributed by atoms with Crippen LogP contribution in [0, 0.1) is 20.8 Å². The third kappa shape index (κ3) is 3.44. The summed E-state index contributed by atoms with van der Waals surface area (Å²) in [5.41, 5.74) is 5.70. The highest BCUT2D eigenvalue weighted by molar-refractivity contribution is 7.16. The van der Waals surface area contributed by atoms with Crippen LogP contribution in [0.25, 0.3) is 11.3 Å². The van der Waals surface area contributed by atoms with Crippen molar-refractivity contribution in [2.45, 2.75) is 27.7 Å². The number of para-hydroxylation sites is 2. The topological polar surface area (TPSA) is 34.1 Å². The Hall–Kier alpha value is -2.33. The van der Waals surface area contributed by atoms with E-state index in [0.29, 0.717) is 6.61 Å². The molecule has 1 heterocycles. The van der Waals surface area contributed by atoms with Gasteiger partial charge in [0.25, 0.3) is 0 Å². The van der Waals surface area contributed by atoms with Crippen molar-refractivity contribution >= 4 is 22.2 Å². The highest BCUT2D eigenvalue weighted by Gasteiger charge is 2.13. The Bertz CT molecular complexity index is 855. The van der Waals surface area contributed by atoms with Gasteiger partial charge in [0.05, 0.1) is 18.0 Å². The minimum absolute atomic E-state index is 0.642. The molecule has 0 saturated carbocycles. The highest BCUT2D eigenvalue weighted by Crippen LogP contribution is 2.35. The van der Waals surface area contributed by atoms with Crippen LogP contribution in [0.4, 0.5) is 10.8 Å². The lowest BCUT2D eigenvalue weighted by atomic mass is 10.0. The fourth-order valence-corrected chi connectivity index (χ4v) is 3.50. The number of aryl methyl sites for hydroxylation is 3. The zero-order valence-corrected chi connectivity index (χ0v) is 15.3. The number of aromatic nitrogens is 1. The zero-order valence-electron chi connectivity index (χ0n) is 14.5. The molecule has 1 aromatic heterocycles. The third-order valence-electron chi connectivity index (χ3n) is 3.87. The van der Waals surface area contributed by atoms with Crippen molar-refractivity contribution < 1.29 is 4.74 Å². The maximum absolute atomic E-state index is 5.68. The minimum atomic E-state index is 0.642. The second-order valence-electron chi connectivity index (χ2n) is 5.80. The zero-order chi connectivity index (χ0) is 17.1. The third-order valence-corrected chi connectivity index (χ3v) is 4.76. The molecule has 0 aliphatic heterocycles. The first kappa shape index (κ1) is 16.5. The molecule has 0 aliphatic rings. The lowest BCUT2D eigenvalue weighted by Crippen LogP contribution is -1.97. The molecular formula is C20H22N2OS. The van der Waals surface area contributed by atoms with E-state index < -0.39 is 0 Å². The summed E-state index contributed by atoms with van der Waals surface area (Å²) < 4.78 is 5.68. The largest absolute Gasteiger partial charge is 0.492 e. The van der Waals surface area contributed by atoms with E-state index in [4.69, 9.17) is 9.72 Å². The maximum atomic E-state index is 5.68. The Morgan fingerprint density at radius 2 is 1.88 bits per heavy atom. The minimum Gasteiger partial charge on any atom is -0.492 e. The van der Waals surface area contributed by atoms with Crippen molar-refractivity contribution in [1.82, 2.24) is 4.98 Å². The molecule has 3 rings (SSSR count). The van der Waals surface area contributed by atoms with Gasteiger partial charge in [-0.2, -0.15) is 0 Å². The molecule has 0 spiro atoms. The van der Waals surface area contributed by atoms with Crippen LogP contribution in [-0.2, 0) is 0 Å². The molecular weight excluding hydrogens is 316 g/mol. The SMILES string of the molecule is CCOc1ccccc1Nc1nc(-c2cc(C)ccc2C)c(C)s1. The fourth-order valence-electron chi connectivity index (χ4n) is 2.66. The predicted octanol–water partition coefficient (Wildman–Crippen LogP) is 5.88. The van der Waals surface area contributed by atoms with Gasteiger partial charge in [-0.15, -0.1) is 11.3 Å². The molecule has 124 valence electrons. The first-order valence-corrected chi connectivity index (χ1v) is 8.94. The molecule has 3 aromatic rings. The molecule has 3 nitrogen and oxygen atoms in total. The normalized spacial score (nSPS) is 10.7. The molecule has 1 N–H and O–H groups in total. The average molecular weight is 338 g/mol. The maximum Gasteiger partial charge on any atom is 0.188 e. The molecule has 0 aliphatic carbocycles. The molecule has 24 heavy (non-hydrogen) atoms. The first-order chi connectivity index (χ1) is 11.6. The second kappa shape index (κ2) is 7.05. The standard InChI is InChI=1S/C20H22N2OS/c1-5-23-18-9-7-6-8-17(18)21-20-22-19(15(4)24-20)16-12-13(2)10-11-14(16)3/h6-12H,5H2,1-4H3,(H,21,22). The molecule has 4 heteroatoms. The number of nitrogens with zero attached hydrogens (tertiary/aromatic N) is 1. The Morgan fingerprint density at radius 3 is 2.67 bits per heavy atom. The number of nitrogens with one attached hydrogen (secondary N) is 1. The van der Waals surface area contributed by atoms with Crippen molar-refractivity contribution in [3.05, 3.63) is 58.5 Å². The molecule has 0 saturated heterocycles. The Labute approximate surface area is 147 Å². The van der Waals surface area contributed by atoms with Crippen LogP contribution in [-0.4, -0.2) is 11.6 Å². The Morgan fingerprint density at radius 1 is 1.08 bits per heavy atom. The van der Waals surface area contributed by atoms with Crippen molar-refractivity contribution in [2.75, 3.05) is 11.9 Å². The number of thiazole rings is 1. The highest BCUT2D eigenvalue weighted by atomic mass is 32.1. The number of benzene rings is 2. The van der Waals surface area contributed by atoms with E-state index in [1.165, 1.54) is 21.6 Å². The van der Waals surface area contributed by atoms with Crippen molar-refractivity contribution in [3.63, 3.8) is 0 Å². The van der Waals surface area contributed by atoms with Gasteiger partial charge in [-0.05, 0) is 51.5 Å². The molecule has 0 atom stereocenters. The molecule has 0 unspecified atom stereocenters. The second-order valence-corrected chi connectivity index (χ2v) is 7.00. The van der Waals surface area contributed by atoms with Gasteiger partial charge in [0.15, 0.2) is 5.13 Å². The van der Waals surface area contributed by atoms with Crippen LogP contribution < -0.4 is 10.1 Å². The van der Waals surface area contributed by atoms with E-state index in [9.17, 15) is 0 Å². The average Bonchev–Trinajstić information content (AvgIpc) is 2.92. The number of hydrogen-bond acceptors (Lipinski definition) is 4. The quantitative estimate of drug-likeness (QED) is 0.631. The van der Waals surface area contributed by atoms with Gasteiger partial charge in [0, 0.05) is 10.4 Å². The molecule has 0 amide bonds. The van der Waals surface area contributed by atoms with Gasteiger partial charge in [0.1, 0.15) is 5.75 Å². The van der Waals surface area contributed by atoms with Crippen molar-refractivity contribution in [1.29, 1.82) is 0 Å². The number of hydrogen-bond donors (Lipinski definition) is 1.